The summed E-state index contributed by atoms with van der Waals surface area (Å²) in [5.74, 6) is 1.17. The van der Waals surface area contributed by atoms with Crippen molar-refractivity contribution in [2.24, 2.45) is 0 Å². The van der Waals surface area contributed by atoms with Gasteiger partial charge in [-0.3, -0.25) is 4.90 Å². The standard InChI is InChI=1S/C26H26N3OP/c1-18-23-26(31-29(27-23)21-12-8-5-9-13-21)25(20-14-16-22(30-3)17-15-20)28(2)24(18)19-10-6-4-7-11-19/h4-18,24-25H,1-3H3. The van der Waals surface area contributed by atoms with Gasteiger partial charge in [0, 0.05) is 25.6 Å². The second kappa shape index (κ2) is 8.30. The number of para-hydroxylation sites is 1. The first-order valence-corrected chi connectivity index (χ1v) is 11.5. The molecule has 0 aliphatic carbocycles. The number of ether oxygens (including phenoxy) is 1. The number of rotatable bonds is 4. The first-order chi connectivity index (χ1) is 15.2. The summed E-state index contributed by atoms with van der Waals surface area (Å²) in [7, 11) is 5.07. The zero-order valence-corrected chi connectivity index (χ0v) is 18.9. The Labute approximate surface area is 185 Å². The summed E-state index contributed by atoms with van der Waals surface area (Å²) in [5.41, 5.74) is 4.92. The molecule has 5 rings (SSSR count). The minimum absolute atomic E-state index is 0.154. The van der Waals surface area contributed by atoms with Gasteiger partial charge in [-0.05, 0) is 42.4 Å². The van der Waals surface area contributed by atoms with Gasteiger partial charge in [0.2, 0.25) is 0 Å². The average Bonchev–Trinajstić information content (AvgIpc) is 3.26. The summed E-state index contributed by atoms with van der Waals surface area (Å²) in [6.45, 7) is 2.31. The number of hydrogen-bond acceptors (Lipinski definition) is 3. The Bertz CT molecular complexity index is 1160. The topological polar surface area (TPSA) is 30.3 Å². The maximum absolute atomic E-state index is 5.40. The molecular weight excluding hydrogens is 401 g/mol. The molecule has 2 heterocycles. The van der Waals surface area contributed by atoms with Crippen LogP contribution in [-0.4, -0.2) is 28.6 Å². The largest absolute Gasteiger partial charge is 0.497 e. The van der Waals surface area contributed by atoms with Gasteiger partial charge in [-0.2, -0.15) is 5.10 Å². The van der Waals surface area contributed by atoms with E-state index in [9.17, 15) is 0 Å². The maximum Gasteiger partial charge on any atom is 0.118 e. The van der Waals surface area contributed by atoms with E-state index in [1.54, 1.807) is 7.11 Å². The van der Waals surface area contributed by atoms with E-state index in [4.69, 9.17) is 9.84 Å². The third-order valence-corrected chi connectivity index (χ3v) is 7.44. The van der Waals surface area contributed by atoms with E-state index in [-0.39, 0.29) is 18.0 Å². The van der Waals surface area contributed by atoms with Crippen LogP contribution in [0.2, 0.25) is 0 Å². The third kappa shape index (κ3) is 3.56. The van der Waals surface area contributed by atoms with Gasteiger partial charge in [0.25, 0.3) is 0 Å². The zero-order chi connectivity index (χ0) is 21.4. The quantitative estimate of drug-likeness (QED) is 0.381. The lowest BCUT2D eigenvalue weighted by Crippen LogP contribution is -2.37. The van der Waals surface area contributed by atoms with E-state index in [1.807, 2.05) is 6.07 Å². The molecule has 0 radical (unpaired) electrons. The van der Waals surface area contributed by atoms with Crippen LogP contribution in [0.15, 0.2) is 84.9 Å². The second-order valence-corrected chi connectivity index (χ2v) is 9.14. The van der Waals surface area contributed by atoms with Gasteiger partial charge < -0.3 is 4.74 Å². The number of aromatic nitrogens is 2. The molecular formula is C26H26N3OP. The van der Waals surface area contributed by atoms with Crippen molar-refractivity contribution in [1.29, 1.82) is 0 Å². The Morgan fingerprint density at radius 3 is 2.13 bits per heavy atom. The minimum Gasteiger partial charge on any atom is -0.497 e. The van der Waals surface area contributed by atoms with Crippen molar-refractivity contribution in [1.82, 2.24) is 14.4 Å². The van der Waals surface area contributed by atoms with Crippen molar-refractivity contribution in [3.63, 3.8) is 0 Å². The van der Waals surface area contributed by atoms with Gasteiger partial charge in [-0.15, -0.1) is 0 Å². The molecule has 5 heteroatoms. The second-order valence-electron chi connectivity index (χ2n) is 8.08. The third-order valence-electron chi connectivity index (χ3n) is 6.24. The number of likely N-dealkylation sites (N-methyl/N-ethyl adjacent to an activating group) is 1. The summed E-state index contributed by atoms with van der Waals surface area (Å²) >= 11 is 0. The number of fused-ring (bicyclic) bond motifs is 1. The maximum atomic E-state index is 5.40. The van der Waals surface area contributed by atoms with Gasteiger partial charge in [0.1, 0.15) is 5.75 Å². The molecule has 1 aliphatic rings. The van der Waals surface area contributed by atoms with Gasteiger partial charge in [0.15, 0.2) is 0 Å². The van der Waals surface area contributed by atoms with E-state index in [1.165, 1.54) is 22.1 Å². The van der Waals surface area contributed by atoms with E-state index in [0.29, 0.717) is 0 Å². The predicted octanol–water partition coefficient (Wildman–Crippen LogP) is 6.34. The molecule has 1 aromatic heterocycles. The summed E-state index contributed by atoms with van der Waals surface area (Å²) in [6, 6.07) is 30.1. The SMILES string of the molecule is COc1ccc(C2c3pn(-c4ccccc4)nc3C(C)C(c3ccccc3)N2C)cc1. The van der Waals surface area contributed by atoms with Crippen LogP contribution in [0.3, 0.4) is 0 Å². The monoisotopic (exact) mass is 427 g/mol. The highest BCUT2D eigenvalue weighted by molar-refractivity contribution is 7.27. The molecule has 156 valence electrons. The summed E-state index contributed by atoms with van der Waals surface area (Å²) in [5, 5.41) is 6.49. The van der Waals surface area contributed by atoms with Crippen molar-refractivity contribution in [2.75, 3.05) is 14.2 Å². The fourth-order valence-corrected chi connectivity index (χ4v) is 6.12. The summed E-state index contributed by atoms with van der Waals surface area (Å²) in [6.07, 6.45) is 0. The lowest BCUT2D eigenvalue weighted by Gasteiger charge is -2.42. The van der Waals surface area contributed by atoms with Crippen molar-refractivity contribution < 1.29 is 4.74 Å². The fraction of sp³-hybridized carbons (Fsp3) is 0.231. The lowest BCUT2D eigenvalue weighted by molar-refractivity contribution is 0.158. The number of hydrogen-bond donors (Lipinski definition) is 0. The predicted molar refractivity (Wildman–Crippen MR) is 126 cm³/mol. The van der Waals surface area contributed by atoms with Crippen LogP contribution < -0.4 is 4.74 Å². The molecule has 0 bridgehead atoms. The van der Waals surface area contributed by atoms with Gasteiger partial charge in [-0.25, -0.2) is 4.44 Å². The molecule has 4 nitrogen and oxygen atoms in total. The van der Waals surface area contributed by atoms with Crippen molar-refractivity contribution in [2.45, 2.75) is 24.9 Å². The molecule has 4 aromatic rings. The van der Waals surface area contributed by atoms with Crippen LogP contribution in [0.4, 0.5) is 0 Å². The number of benzene rings is 3. The first kappa shape index (κ1) is 20.0. The molecule has 3 aromatic carbocycles. The molecule has 0 N–H and O–H groups in total. The fourth-order valence-electron chi connectivity index (χ4n) is 4.73. The average molecular weight is 427 g/mol. The number of nitrogens with zero attached hydrogens (tertiary/aromatic N) is 3. The van der Waals surface area contributed by atoms with Crippen LogP contribution >= 0.6 is 8.35 Å². The normalized spacial score (nSPS) is 21.2. The molecule has 1 aliphatic heterocycles. The minimum atomic E-state index is 0.154. The zero-order valence-electron chi connectivity index (χ0n) is 18.0. The first-order valence-electron chi connectivity index (χ1n) is 10.6. The van der Waals surface area contributed by atoms with Crippen LogP contribution in [-0.2, 0) is 0 Å². The highest BCUT2D eigenvalue weighted by Crippen LogP contribution is 2.51. The Morgan fingerprint density at radius 1 is 0.839 bits per heavy atom. The highest BCUT2D eigenvalue weighted by atomic mass is 31.0. The van der Waals surface area contributed by atoms with Crippen molar-refractivity contribution >= 4 is 8.35 Å². The molecule has 0 amide bonds. The molecule has 31 heavy (non-hydrogen) atoms. The smallest absolute Gasteiger partial charge is 0.118 e. The molecule has 0 spiro atoms. The Kier molecular flexibility index (Phi) is 5.35. The lowest BCUT2D eigenvalue weighted by atomic mass is 9.83. The molecule has 3 unspecified atom stereocenters. The van der Waals surface area contributed by atoms with Crippen molar-refractivity contribution in [3.8, 4) is 11.4 Å². The van der Waals surface area contributed by atoms with Crippen LogP contribution in [0, 0.1) is 0 Å². The molecule has 0 saturated heterocycles. The van der Waals surface area contributed by atoms with Gasteiger partial charge in [-0.1, -0.05) is 67.6 Å². The highest BCUT2D eigenvalue weighted by Gasteiger charge is 2.41. The molecule has 0 fully saturated rings. The van der Waals surface area contributed by atoms with Gasteiger partial charge in [0.05, 0.1) is 24.5 Å². The Morgan fingerprint density at radius 2 is 1.48 bits per heavy atom. The van der Waals surface area contributed by atoms with Crippen LogP contribution in [0.5, 0.6) is 5.75 Å². The van der Waals surface area contributed by atoms with Crippen LogP contribution in [0.25, 0.3) is 5.69 Å². The van der Waals surface area contributed by atoms with E-state index in [0.717, 1.165) is 19.8 Å². The Balaban J connectivity index is 1.67. The summed E-state index contributed by atoms with van der Waals surface area (Å²) < 4.78 is 7.52. The Hall–Kier alpha value is -2.94. The summed E-state index contributed by atoms with van der Waals surface area (Å²) in [4.78, 5) is 2.51. The van der Waals surface area contributed by atoms with Crippen molar-refractivity contribution in [3.05, 3.63) is 107 Å². The molecule has 3 atom stereocenters. The van der Waals surface area contributed by atoms with E-state index in [2.05, 4.69) is 102 Å². The molecule has 0 saturated carbocycles. The number of methoxy groups -OCH3 is 1. The van der Waals surface area contributed by atoms with Crippen LogP contribution in [0.1, 0.15) is 47.0 Å². The van der Waals surface area contributed by atoms with Gasteiger partial charge >= 0.3 is 0 Å². The van der Waals surface area contributed by atoms with E-state index < -0.39 is 0 Å². The van der Waals surface area contributed by atoms with E-state index >= 15 is 0 Å².